The van der Waals surface area contributed by atoms with Crippen LogP contribution in [0.25, 0.3) is 0 Å². The molecule has 3 rings (SSSR count). The van der Waals surface area contributed by atoms with Crippen molar-refractivity contribution >= 4 is 5.91 Å². The number of hydrogen-bond acceptors (Lipinski definition) is 4. The van der Waals surface area contributed by atoms with Gasteiger partial charge in [0.05, 0.1) is 0 Å². The highest BCUT2D eigenvalue weighted by Crippen LogP contribution is 2.41. The maximum absolute atomic E-state index is 13.1. The van der Waals surface area contributed by atoms with Crippen LogP contribution in [0.5, 0.6) is 0 Å². The van der Waals surface area contributed by atoms with E-state index in [0.717, 1.165) is 37.8 Å². The summed E-state index contributed by atoms with van der Waals surface area (Å²) in [6.45, 7) is 6.82. The van der Waals surface area contributed by atoms with Crippen molar-refractivity contribution in [2.24, 2.45) is 5.41 Å². The van der Waals surface area contributed by atoms with Crippen molar-refractivity contribution in [3.8, 4) is 0 Å². The van der Waals surface area contributed by atoms with Gasteiger partial charge in [0.1, 0.15) is 0 Å². The second kappa shape index (κ2) is 8.52. The Balaban J connectivity index is 1.62. The number of likely N-dealkylation sites (tertiary alicyclic amines) is 1. The lowest BCUT2D eigenvalue weighted by Gasteiger charge is -2.45. The third kappa shape index (κ3) is 4.58. The van der Waals surface area contributed by atoms with Gasteiger partial charge in [0.2, 0.25) is 0 Å². The Morgan fingerprint density at radius 2 is 1.79 bits per heavy atom. The van der Waals surface area contributed by atoms with Gasteiger partial charge in [-0.25, -0.2) is 0 Å². The van der Waals surface area contributed by atoms with Crippen LogP contribution in [0.4, 0.5) is 0 Å². The lowest BCUT2D eigenvalue weighted by molar-refractivity contribution is -0.160. The number of hydrogen-bond donors (Lipinski definition) is 2. The number of carbonyl (C=O) groups is 1. The van der Waals surface area contributed by atoms with Crippen LogP contribution in [0, 0.1) is 5.41 Å². The van der Waals surface area contributed by atoms with Gasteiger partial charge in [0, 0.05) is 38.2 Å². The van der Waals surface area contributed by atoms with Gasteiger partial charge < -0.3 is 20.0 Å². The molecule has 0 unspecified atom stereocenters. The lowest BCUT2D eigenvalue weighted by Crippen LogP contribution is -2.59. The Morgan fingerprint density at radius 1 is 1.11 bits per heavy atom. The normalized spacial score (nSPS) is 24.7. The van der Waals surface area contributed by atoms with Gasteiger partial charge in [-0.05, 0) is 49.8 Å². The van der Waals surface area contributed by atoms with Gasteiger partial charge in [0.25, 0.3) is 5.91 Å². The highest BCUT2D eigenvalue weighted by atomic mass is 16.3. The minimum atomic E-state index is -1.33. The summed E-state index contributed by atoms with van der Waals surface area (Å²) in [6, 6.07) is 8.43. The quantitative estimate of drug-likeness (QED) is 0.719. The molecular formula is C23H36N2O3. The minimum absolute atomic E-state index is 0.0410. The maximum Gasteiger partial charge on any atom is 0.256 e. The van der Waals surface area contributed by atoms with E-state index in [9.17, 15) is 15.0 Å². The Labute approximate surface area is 169 Å². The molecule has 1 atom stereocenters. The fraction of sp³-hybridized carbons (Fsp3) is 0.696. The first-order valence-corrected chi connectivity index (χ1v) is 10.7. The molecule has 2 N–H and O–H groups in total. The first-order chi connectivity index (χ1) is 13.3. The third-order valence-corrected chi connectivity index (χ3v) is 6.61. The summed E-state index contributed by atoms with van der Waals surface area (Å²) >= 11 is 0. The van der Waals surface area contributed by atoms with Gasteiger partial charge in [-0.2, -0.15) is 0 Å². The van der Waals surface area contributed by atoms with Crippen molar-refractivity contribution < 1.29 is 15.0 Å². The van der Waals surface area contributed by atoms with Gasteiger partial charge in [0.15, 0.2) is 5.60 Å². The molecule has 1 aromatic rings. The average molecular weight is 389 g/mol. The molecule has 0 bridgehead atoms. The van der Waals surface area contributed by atoms with Crippen molar-refractivity contribution in [3.05, 3.63) is 35.4 Å². The van der Waals surface area contributed by atoms with Crippen LogP contribution in [0.1, 0.15) is 63.0 Å². The number of piperidine rings is 1. The molecule has 156 valence electrons. The van der Waals surface area contributed by atoms with Crippen molar-refractivity contribution in [2.45, 2.75) is 64.0 Å². The summed E-state index contributed by atoms with van der Waals surface area (Å²) in [5, 5.41) is 20.8. The highest BCUT2D eigenvalue weighted by Gasteiger charge is 2.44. The summed E-state index contributed by atoms with van der Waals surface area (Å²) in [6.07, 6.45) is 4.52. The molecule has 0 radical (unpaired) electrons. The largest absolute Gasteiger partial charge is 0.396 e. The summed E-state index contributed by atoms with van der Waals surface area (Å²) in [7, 11) is 1.95. The molecule has 1 saturated heterocycles. The number of amides is 1. The van der Waals surface area contributed by atoms with E-state index in [0.29, 0.717) is 32.0 Å². The van der Waals surface area contributed by atoms with Crippen LogP contribution in [-0.2, 0) is 11.3 Å². The molecule has 1 aliphatic heterocycles. The zero-order chi connectivity index (χ0) is 20.4. The average Bonchev–Trinajstić information content (AvgIpc) is 2.62. The van der Waals surface area contributed by atoms with Crippen molar-refractivity contribution in [2.75, 3.05) is 33.3 Å². The molecule has 5 heteroatoms. The zero-order valence-electron chi connectivity index (χ0n) is 17.7. The monoisotopic (exact) mass is 388 g/mol. The molecule has 1 aliphatic carbocycles. The van der Waals surface area contributed by atoms with E-state index in [2.05, 4.69) is 38.1 Å². The van der Waals surface area contributed by atoms with Crippen LogP contribution >= 0.6 is 0 Å². The summed E-state index contributed by atoms with van der Waals surface area (Å²) in [5.41, 5.74) is 1.02. The van der Waals surface area contributed by atoms with Crippen molar-refractivity contribution in [1.29, 1.82) is 0 Å². The number of aliphatic hydroxyl groups excluding tert-OH is 1. The van der Waals surface area contributed by atoms with E-state index in [1.54, 1.807) is 4.90 Å². The smallest absolute Gasteiger partial charge is 0.256 e. The van der Waals surface area contributed by atoms with Crippen LogP contribution in [0.3, 0.4) is 0 Å². The Morgan fingerprint density at radius 3 is 2.32 bits per heavy atom. The zero-order valence-corrected chi connectivity index (χ0v) is 17.7. The molecule has 0 aromatic heterocycles. The number of carbonyl (C=O) groups excluding carboxylic acids is 1. The minimum Gasteiger partial charge on any atom is -0.396 e. The van der Waals surface area contributed by atoms with Crippen LogP contribution in [0.15, 0.2) is 24.3 Å². The van der Waals surface area contributed by atoms with Crippen molar-refractivity contribution in [3.63, 3.8) is 0 Å². The number of aliphatic hydroxyl groups is 2. The molecule has 0 spiro atoms. The number of nitrogens with zero attached hydrogens (tertiary/aromatic N) is 2. The first-order valence-electron chi connectivity index (χ1n) is 10.7. The van der Waals surface area contributed by atoms with Crippen LogP contribution < -0.4 is 0 Å². The standard InChI is InChI=1S/C23H36N2O3/c1-18(2)20-8-6-19(7-9-20)14-25-13-5-12-23(28,21(25)27)16-24(3)15-22(17-26)10-4-11-22/h6-9,18,26,28H,4-5,10-17H2,1-3H3/t23-/m1/s1. The molecule has 1 heterocycles. The molecule has 1 saturated carbocycles. The molecule has 28 heavy (non-hydrogen) atoms. The van der Waals surface area contributed by atoms with E-state index >= 15 is 0 Å². The van der Waals surface area contributed by atoms with E-state index in [4.69, 9.17) is 0 Å². The third-order valence-electron chi connectivity index (χ3n) is 6.61. The van der Waals surface area contributed by atoms with Crippen LogP contribution in [-0.4, -0.2) is 64.8 Å². The second-order valence-electron chi connectivity index (χ2n) is 9.44. The summed E-state index contributed by atoms with van der Waals surface area (Å²) in [4.78, 5) is 16.9. The highest BCUT2D eigenvalue weighted by molar-refractivity contribution is 5.86. The van der Waals surface area contributed by atoms with Gasteiger partial charge >= 0.3 is 0 Å². The van der Waals surface area contributed by atoms with E-state index in [1.807, 2.05) is 11.9 Å². The molecule has 1 aromatic carbocycles. The van der Waals surface area contributed by atoms with Crippen molar-refractivity contribution in [1.82, 2.24) is 9.80 Å². The van der Waals surface area contributed by atoms with E-state index in [-0.39, 0.29) is 17.9 Å². The fourth-order valence-corrected chi connectivity index (χ4v) is 4.71. The predicted molar refractivity (Wildman–Crippen MR) is 111 cm³/mol. The van der Waals surface area contributed by atoms with E-state index < -0.39 is 5.60 Å². The van der Waals surface area contributed by atoms with Gasteiger partial charge in [-0.3, -0.25) is 4.79 Å². The fourth-order valence-electron chi connectivity index (χ4n) is 4.71. The maximum atomic E-state index is 13.1. The Kier molecular flexibility index (Phi) is 6.47. The van der Waals surface area contributed by atoms with Gasteiger partial charge in [-0.1, -0.05) is 44.5 Å². The number of likely N-dealkylation sites (N-methyl/N-ethyl adjacent to an activating group) is 1. The molecule has 2 fully saturated rings. The molecule has 1 amide bonds. The Hall–Kier alpha value is -1.43. The molecule has 5 nitrogen and oxygen atoms in total. The Bertz CT molecular complexity index is 663. The SMILES string of the molecule is CC(C)c1ccc(CN2CCC[C@@](O)(CN(C)CC3(CO)CCC3)C2=O)cc1. The summed E-state index contributed by atoms with van der Waals surface area (Å²) in [5.74, 6) is 0.328. The number of rotatable bonds is 8. The topological polar surface area (TPSA) is 64.0 Å². The predicted octanol–water partition coefficient (Wildman–Crippen LogP) is 2.76. The first kappa shape index (κ1) is 21.3. The van der Waals surface area contributed by atoms with E-state index in [1.165, 1.54) is 5.56 Å². The molecule has 2 aliphatic rings. The molecular weight excluding hydrogens is 352 g/mol. The number of benzene rings is 1. The lowest BCUT2D eigenvalue weighted by atomic mass is 9.69. The van der Waals surface area contributed by atoms with Gasteiger partial charge in [-0.15, -0.1) is 0 Å². The summed E-state index contributed by atoms with van der Waals surface area (Å²) < 4.78 is 0. The second-order valence-corrected chi connectivity index (χ2v) is 9.44. The van der Waals surface area contributed by atoms with Crippen LogP contribution in [0.2, 0.25) is 0 Å².